The SMILES string of the molecule is CC[C@H]1CCC[C@H](O)[C@@H](C)[C@H](O)C/C=C/[C@H](O)C[C@H](O)C/C=C/C=C/C=C/C(=O)O1. The monoisotopic (exact) mass is 422 g/mol. The summed E-state index contributed by atoms with van der Waals surface area (Å²) in [5.41, 5.74) is 0. The van der Waals surface area contributed by atoms with Crippen molar-refractivity contribution in [2.24, 2.45) is 5.92 Å². The van der Waals surface area contributed by atoms with E-state index >= 15 is 0 Å². The highest BCUT2D eigenvalue weighted by Crippen LogP contribution is 2.19. The third-order valence-electron chi connectivity index (χ3n) is 5.34. The van der Waals surface area contributed by atoms with E-state index in [-0.39, 0.29) is 18.4 Å². The van der Waals surface area contributed by atoms with Gasteiger partial charge in [-0.25, -0.2) is 4.79 Å². The molecule has 0 aromatic carbocycles. The fourth-order valence-electron chi connectivity index (χ4n) is 3.24. The van der Waals surface area contributed by atoms with Crippen LogP contribution in [0.4, 0.5) is 0 Å². The van der Waals surface area contributed by atoms with Crippen molar-refractivity contribution >= 4 is 5.97 Å². The van der Waals surface area contributed by atoms with Gasteiger partial charge in [0, 0.05) is 18.4 Å². The second kappa shape index (κ2) is 15.1. The van der Waals surface area contributed by atoms with Crippen molar-refractivity contribution in [3.05, 3.63) is 48.6 Å². The molecule has 6 heteroatoms. The Morgan fingerprint density at radius 3 is 2.43 bits per heavy atom. The molecule has 0 bridgehead atoms. The molecule has 0 fully saturated rings. The lowest BCUT2D eigenvalue weighted by Gasteiger charge is -2.24. The van der Waals surface area contributed by atoms with E-state index in [1.807, 2.05) is 6.92 Å². The molecule has 1 aliphatic heterocycles. The van der Waals surface area contributed by atoms with E-state index in [1.54, 1.807) is 49.5 Å². The molecule has 4 N–H and O–H groups in total. The third-order valence-corrected chi connectivity index (χ3v) is 5.34. The van der Waals surface area contributed by atoms with Crippen molar-refractivity contribution in [2.75, 3.05) is 0 Å². The maximum absolute atomic E-state index is 11.9. The van der Waals surface area contributed by atoms with Crippen LogP contribution in [-0.4, -0.2) is 56.9 Å². The van der Waals surface area contributed by atoms with E-state index in [4.69, 9.17) is 4.74 Å². The number of ether oxygens (including phenoxy) is 1. The molecule has 0 saturated carbocycles. The van der Waals surface area contributed by atoms with Crippen molar-refractivity contribution in [3.8, 4) is 0 Å². The van der Waals surface area contributed by atoms with E-state index in [9.17, 15) is 25.2 Å². The second-order valence-corrected chi connectivity index (χ2v) is 7.92. The number of hydrogen-bond donors (Lipinski definition) is 4. The summed E-state index contributed by atoms with van der Waals surface area (Å²) in [7, 11) is 0. The van der Waals surface area contributed by atoms with Crippen LogP contribution in [0.25, 0.3) is 0 Å². The highest BCUT2D eigenvalue weighted by Gasteiger charge is 2.22. The summed E-state index contributed by atoms with van der Waals surface area (Å²) < 4.78 is 5.44. The van der Waals surface area contributed by atoms with Crippen LogP contribution in [0.15, 0.2) is 48.6 Å². The first-order chi connectivity index (χ1) is 14.3. The zero-order valence-corrected chi connectivity index (χ0v) is 18.1. The number of aliphatic hydroxyl groups is 4. The molecule has 1 rings (SSSR count). The van der Waals surface area contributed by atoms with Gasteiger partial charge in [0.2, 0.25) is 0 Å². The zero-order valence-electron chi connectivity index (χ0n) is 18.1. The van der Waals surface area contributed by atoms with Gasteiger partial charge in [0.05, 0.1) is 24.4 Å². The lowest BCUT2D eigenvalue weighted by molar-refractivity contribution is -0.143. The molecule has 170 valence electrons. The van der Waals surface area contributed by atoms with E-state index in [2.05, 4.69) is 0 Å². The summed E-state index contributed by atoms with van der Waals surface area (Å²) in [5.74, 6) is -0.726. The Kier molecular flexibility index (Phi) is 13.3. The fraction of sp³-hybridized carbons (Fsp3) is 0.625. The Morgan fingerprint density at radius 2 is 1.70 bits per heavy atom. The van der Waals surface area contributed by atoms with Crippen LogP contribution in [0.5, 0.6) is 0 Å². The Bertz CT molecular complexity index is 595. The summed E-state index contributed by atoms with van der Waals surface area (Å²) in [6, 6.07) is 0. The highest BCUT2D eigenvalue weighted by molar-refractivity contribution is 5.82. The number of carbonyl (C=O) groups excluding carboxylic acids is 1. The van der Waals surface area contributed by atoms with Crippen LogP contribution in [0.3, 0.4) is 0 Å². The van der Waals surface area contributed by atoms with Gasteiger partial charge in [-0.3, -0.25) is 0 Å². The number of aliphatic hydroxyl groups excluding tert-OH is 4. The van der Waals surface area contributed by atoms with Crippen molar-refractivity contribution in [1.82, 2.24) is 0 Å². The van der Waals surface area contributed by atoms with Crippen molar-refractivity contribution in [3.63, 3.8) is 0 Å². The molecule has 0 amide bonds. The van der Waals surface area contributed by atoms with Gasteiger partial charge in [-0.1, -0.05) is 56.4 Å². The maximum Gasteiger partial charge on any atom is 0.331 e. The van der Waals surface area contributed by atoms with E-state index in [0.717, 1.165) is 0 Å². The average molecular weight is 423 g/mol. The normalized spacial score (nSPS) is 37.7. The minimum Gasteiger partial charge on any atom is -0.459 e. The van der Waals surface area contributed by atoms with Crippen LogP contribution in [0.1, 0.15) is 58.8 Å². The molecule has 1 heterocycles. The molecule has 0 saturated heterocycles. The highest BCUT2D eigenvalue weighted by atomic mass is 16.5. The summed E-state index contributed by atoms with van der Waals surface area (Å²) in [5, 5.41) is 40.7. The predicted molar refractivity (Wildman–Crippen MR) is 118 cm³/mol. The average Bonchev–Trinajstić information content (AvgIpc) is 2.70. The largest absolute Gasteiger partial charge is 0.459 e. The number of hydrogen-bond acceptors (Lipinski definition) is 6. The van der Waals surface area contributed by atoms with Gasteiger partial charge < -0.3 is 25.2 Å². The lowest BCUT2D eigenvalue weighted by atomic mass is 9.91. The summed E-state index contributed by atoms with van der Waals surface area (Å²) in [6.07, 6.45) is 13.6. The van der Waals surface area contributed by atoms with Crippen LogP contribution in [-0.2, 0) is 9.53 Å². The molecule has 0 radical (unpaired) electrons. The van der Waals surface area contributed by atoms with Crippen molar-refractivity contribution in [1.29, 1.82) is 0 Å². The number of rotatable bonds is 1. The van der Waals surface area contributed by atoms with Crippen LogP contribution in [0, 0.1) is 5.92 Å². The van der Waals surface area contributed by atoms with Gasteiger partial charge in [-0.05, 0) is 38.5 Å². The first kappa shape index (κ1) is 26.3. The molecule has 0 aliphatic carbocycles. The summed E-state index contributed by atoms with van der Waals surface area (Å²) >= 11 is 0. The molecular formula is C24H38O6. The molecule has 6 atom stereocenters. The van der Waals surface area contributed by atoms with Gasteiger partial charge >= 0.3 is 5.97 Å². The van der Waals surface area contributed by atoms with Gasteiger partial charge in [0.15, 0.2) is 0 Å². The first-order valence-electron chi connectivity index (χ1n) is 10.9. The van der Waals surface area contributed by atoms with E-state index in [1.165, 1.54) is 6.08 Å². The number of carbonyl (C=O) groups is 1. The summed E-state index contributed by atoms with van der Waals surface area (Å²) in [6.45, 7) is 3.75. The summed E-state index contributed by atoms with van der Waals surface area (Å²) in [4.78, 5) is 11.9. The Balaban J connectivity index is 2.78. The zero-order chi connectivity index (χ0) is 22.4. The molecule has 0 spiro atoms. The molecule has 30 heavy (non-hydrogen) atoms. The molecule has 0 unspecified atom stereocenters. The van der Waals surface area contributed by atoms with Gasteiger partial charge in [-0.2, -0.15) is 0 Å². The standard InChI is InChI=1S/C24H38O6/c1-3-21-13-10-15-23(28)18(2)22(27)14-9-12-20(26)17-19(25)11-7-5-4-6-8-16-24(29)30-21/h4-9,12,16,18-23,25-28H,3,10-11,13-15,17H2,1-2H3/b6-4+,7-5+,12-9+,16-8+/t18-,19+,20-,21-,22+,23-/m0/s1. The fourth-order valence-corrected chi connectivity index (χ4v) is 3.24. The Hall–Kier alpha value is -1.73. The van der Waals surface area contributed by atoms with Crippen molar-refractivity contribution in [2.45, 2.75) is 89.3 Å². The van der Waals surface area contributed by atoms with Crippen LogP contribution < -0.4 is 0 Å². The van der Waals surface area contributed by atoms with Crippen LogP contribution in [0.2, 0.25) is 0 Å². The first-order valence-corrected chi connectivity index (χ1v) is 10.9. The number of allylic oxidation sites excluding steroid dienone is 4. The molecular weight excluding hydrogens is 384 g/mol. The number of cyclic esters (lactones) is 1. The third kappa shape index (κ3) is 11.5. The van der Waals surface area contributed by atoms with E-state index < -0.39 is 30.4 Å². The van der Waals surface area contributed by atoms with Gasteiger partial charge in [-0.15, -0.1) is 0 Å². The molecule has 0 aromatic heterocycles. The topological polar surface area (TPSA) is 107 Å². The minimum absolute atomic E-state index is 0.198. The Morgan fingerprint density at radius 1 is 0.967 bits per heavy atom. The van der Waals surface area contributed by atoms with E-state index in [0.29, 0.717) is 38.5 Å². The second-order valence-electron chi connectivity index (χ2n) is 7.92. The van der Waals surface area contributed by atoms with Crippen LogP contribution >= 0.6 is 0 Å². The molecule has 6 nitrogen and oxygen atoms in total. The Labute approximate surface area is 180 Å². The van der Waals surface area contributed by atoms with Gasteiger partial charge in [0.1, 0.15) is 6.10 Å². The van der Waals surface area contributed by atoms with Crippen molar-refractivity contribution < 1.29 is 30.0 Å². The minimum atomic E-state index is -0.797. The lowest BCUT2D eigenvalue weighted by Crippen LogP contribution is -2.29. The smallest absolute Gasteiger partial charge is 0.331 e. The predicted octanol–water partition coefficient (Wildman–Crippen LogP) is 2.97. The molecule has 1 aliphatic rings. The van der Waals surface area contributed by atoms with Gasteiger partial charge in [0.25, 0.3) is 0 Å². The number of esters is 1. The maximum atomic E-state index is 11.9. The quantitative estimate of drug-likeness (QED) is 0.382. The molecule has 0 aromatic rings.